The van der Waals surface area contributed by atoms with Crippen LogP contribution >= 0.6 is 11.3 Å². The number of amides is 5. The van der Waals surface area contributed by atoms with Crippen molar-refractivity contribution in [1.29, 1.82) is 0 Å². The minimum Gasteiger partial charge on any atom is -0.464 e. The van der Waals surface area contributed by atoms with E-state index >= 15 is 0 Å². The summed E-state index contributed by atoms with van der Waals surface area (Å²) in [6, 6.07) is 6.96. The van der Waals surface area contributed by atoms with Crippen LogP contribution in [0.15, 0.2) is 41.9 Å². The maximum Gasteiger partial charge on any atom is 0.324 e. The maximum atomic E-state index is 14.7. The van der Waals surface area contributed by atoms with Crippen LogP contribution in [0.2, 0.25) is 0 Å². The highest BCUT2D eigenvalue weighted by Crippen LogP contribution is 2.42. The SMILES string of the molecule is CCn1c(-c2cccnc2[C@H](C)OC)c2c3cc(ccc31)-c1csc(n1)C[C@H](NC(=O)C(C(C)C)N(C)C(=O)N1CCN(C(=O)[C@H]3CN3)[C@@H](C)C1)C(=O)N1CCC[C@H](N1)C(=O)OCC(C)(C)C2. The van der Waals surface area contributed by atoms with Gasteiger partial charge < -0.3 is 39.4 Å². The van der Waals surface area contributed by atoms with E-state index in [9.17, 15) is 24.0 Å². The Balaban J connectivity index is 1.13. The number of nitrogens with one attached hydrogen (secondary N) is 3. The lowest BCUT2D eigenvalue weighted by Gasteiger charge is -2.42. The molecule has 6 bridgehead atoms. The summed E-state index contributed by atoms with van der Waals surface area (Å²) in [5, 5.41) is 11.2. The number of thiazole rings is 1. The molecule has 3 aromatic heterocycles. The number of carbonyl (C=O) groups excluding carboxylic acids is 5. The Morgan fingerprint density at radius 1 is 1.12 bits per heavy atom. The second-order valence-electron chi connectivity index (χ2n) is 19.6. The van der Waals surface area contributed by atoms with Crippen LogP contribution in [0.25, 0.3) is 33.4 Å². The third-order valence-electron chi connectivity index (χ3n) is 13.7. The average molecular weight is 939 g/mol. The van der Waals surface area contributed by atoms with E-state index in [2.05, 4.69) is 65.7 Å². The lowest BCUT2D eigenvalue weighted by molar-refractivity contribution is -0.155. The van der Waals surface area contributed by atoms with Crippen molar-refractivity contribution in [3.8, 4) is 22.5 Å². The first-order valence-electron chi connectivity index (χ1n) is 23.7. The average Bonchev–Trinajstić information content (AvgIpc) is 4.00. The number of hydrazine groups is 1. The summed E-state index contributed by atoms with van der Waals surface area (Å²) in [5.74, 6) is -1.63. The number of hydrogen-bond donors (Lipinski definition) is 3. The monoisotopic (exact) mass is 938 g/mol. The number of cyclic esters (lactones) is 1. The number of urea groups is 1. The number of carbonyl (C=O) groups is 5. The molecule has 8 rings (SSSR count). The molecule has 1 aromatic carbocycles. The summed E-state index contributed by atoms with van der Waals surface area (Å²) in [6.45, 7) is 16.9. The molecular weight excluding hydrogens is 873 g/mol. The Morgan fingerprint density at radius 3 is 2.60 bits per heavy atom. The number of aromatic nitrogens is 3. The second kappa shape index (κ2) is 19.7. The molecule has 3 N–H and O–H groups in total. The lowest BCUT2D eigenvalue weighted by Crippen LogP contribution is -2.63. The molecule has 4 aliphatic heterocycles. The fraction of sp³-hybridized carbons (Fsp3) is 0.571. The predicted octanol–water partition coefficient (Wildman–Crippen LogP) is 4.78. The molecule has 0 spiro atoms. The quantitative estimate of drug-likeness (QED) is 0.155. The molecule has 3 saturated heterocycles. The van der Waals surface area contributed by atoms with Crippen LogP contribution in [0.1, 0.15) is 83.7 Å². The van der Waals surface area contributed by atoms with E-state index in [4.69, 9.17) is 19.4 Å². The zero-order chi connectivity index (χ0) is 47.9. The largest absolute Gasteiger partial charge is 0.464 e. The van der Waals surface area contributed by atoms with Crippen LogP contribution in [-0.4, -0.2) is 148 Å². The first-order valence-corrected chi connectivity index (χ1v) is 24.6. The Hall–Kier alpha value is -5.43. The van der Waals surface area contributed by atoms with E-state index in [1.54, 1.807) is 25.3 Å². The first kappa shape index (κ1) is 48.0. The molecule has 0 aliphatic carbocycles. The van der Waals surface area contributed by atoms with E-state index in [-0.39, 0.29) is 49.1 Å². The standard InChI is InChI=1S/C49H66N10O7S/c1-10-57-39-16-15-31-21-33(39)34(43(57)32-13-11-17-50-41(32)30(5)65-9)23-49(6,7)27-66-47(63)35-14-12-18-59(54-35)46(62)36(22-40-52-38(31)26-67-40)53-44(60)42(28(2)3)55(8)48(64)56-19-20-58(29(4)25-56)45(61)37-24-51-37/h11,13,15-17,21,26,28-30,35-37,42,51,54H,10,12,14,18-20,22-25,27H2,1-9H3,(H,53,60)/t29-,30-,35-,36-,37+,42?/m0/s1. The number of hydrogen-bond acceptors (Lipinski definition) is 12. The second-order valence-corrected chi connectivity index (χ2v) is 20.6. The fourth-order valence-electron chi connectivity index (χ4n) is 9.98. The van der Waals surface area contributed by atoms with Gasteiger partial charge >= 0.3 is 12.0 Å². The Labute approximate surface area is 396 Å². The normalized spacial score (nSPS) is 23.1. The predicted molar refractivity (Wildman–Crippen MR) is 256 cm³/mol. The number of pyridine rings is 1. The number of fused-ring (bicyclic) bond motifs is 6. The molecule has 7 heterocycles. The number of nitrogens with zero attached hydrogens (tertiary/aromatic N) is 7. The molecule has 67 heavy (non-hydrogen) atoms. The van der Waals surface area contributed by atoms with Crippen molar-refractivity contribution >= 4 is 52.0 Å². The van der Waals surface area contributed by atoms with Crippen LogP contribution < -0.4 is 16.1 Å². The molecule has 6 atom stereocenters. The number of ether oxygens (including phenoxy) is 2. The van der Waals surface area contributed by atoms with Crippen LogP contribution in [0.3, 0.4) is 0 Å². The van der Waals surface area contributed by atoms with Crippen LogP contribution in [-0.2, 0) is 48.0 Å². The fourth-order valence-corrected chi connectivity index (χ4v) is 10.8. The van der Waals surface area contributed by atoms with E-state index in [1.807, 2.05) is 44.0 Å². The first-order chi connectivity index (χ1) is 32.0. The Morgan fingerprint density at radius 2 is 1.90 bits per heavy atom. The van der Waals surface area contributed by atoms with Crippen molar-refractivity contribution in [2.75, 3.05) is 53.5 Å². The number of aryl methyl sites for hydroxylation is 1. The van der Waals surface area contributed by atoms with Crippen molar-refractivity contribution in [2.45, 2.75) is 117 Å². The summed E-state index contributed by atoms with van der Waals surface area (Å²) in [5.41, 5.74) is 9.28. The van der Waals surface area contributed by atoms with Crippen LogP contribution in [0.4, 0.5) is 4.79 Å². The molecule has 4 aliphatic rings. The summed E-state index contributed by atoms with van der Waals surface area (Å²) < 4.78 is 14.2. The topological polar surface area (TPSA) is 193 Å². The number of methoxy groups -OCH3 is 1. The van der Waals surface area contributed by atoms with Gasteiger partial charge in [0.2, 0.25) is 11.8 Å². The number of benzene rings is 1. The smallest absolute Gasteiger partial charge is 0.324 e. The van der Waals surface area contributed by atoms with Crippen molar-refractivity contribution < 1.29 is 33.4 Å². The van der Waals surface area contributed by atoms with Gasteiger partial charge in [0.25, 0.3) is 5.91 Å². The molecule has 4 aromatic rings. The summed E-state index contributed by atoms with van der Waals surface area (Å²) >= 11 is 1.41. The van der Waals surface area contributed by atoms with E-state index in [0.29, 0.717) is 63.5 Å². The van der Waals surface area contributed by atoms with Gasteiger partial charge in [-0.1, -0.05) is 33.8 Å². The van der Waals surface area contributed by atoms with Crippen molar-refractivity contribution in [1.82, 2.24) is 50.3 Å². The molecule has 1 unspecified atom stereocenters. The molecule has 3 fully saturated rings. The van der Waals surface area contributed by atoms with Gasteiger partial charge in [-0.15, -0.1) is 11.3 Å². The van der Waals surface area contributed by atoms with E-state index in [0.717, 1.165) is 44.7 Å². The molecule has 17 nitrogen and oxygen atoms in total. The Kier molecular flexibility index (Phi) is 14.1. The number of likely N-dealkylation sites (N-methyl/N-ethyl adjacent to an activating group) is 1. The summed E-state index contributed by atoms with van der Waals surface area (Å²) in [4.78, 5) is 84.9. The highest BCUT2D eigenvalue weighted by atomic mass is 32.1. The molecule has 0 radical (unpaired) electrons. The molecule has 0 saturated carbocycles. The van der Waals surface area contributed by atoms with Crippen molar-refractivity contribution in [3.05, 3.63) is 58.2 Å². The van der Waals surface area contributed by atoms with Gasteiger partial charge in [-0.3, -0.25) is 29.2 Å². The number of esters is 1. The minimum atomic E-state index is -1.08. The highest BCUT2D eigenvalue weighted by Gasteiger charge is 2.42. The molecule has 360 valence electrons. The minimum absolute atomic E-state index is 0.0454. The van der Waals surface area contributed by atoms with Crippen molar-refractivity contribution in [3.63, 3.8) is 0 Å². The highest BCUT2D eigenvalue weighted by molar-refractivity contribution is 7.10. The van der Waals surface area contributed by atoms with Crippen LogP contribution in [0.5, 0.6) is 0 Å². The zero-order valence-corrected chi connectivity index (χ0v) is 41.1. The lowest BCUT2D eigenvalue weighted by atomic mass is 9.84. The van der Waals surface area contributed by atoms with Crippen molar-refractivity contribution in [2.24, 2.45) is 11.3 Å². The summed E-state index contributed by atoms with van der Waals surface area (Å²) in [6.07, 6.45) is 3.20. The summed E-state index contributed by atoms with van der Waals surface area (Å²) in [7, 11) is 3.30. The molecule has 5 amide bonds. The van der Waals surface area contributed by atoms with Gasteiger partial charge in [-0.05, 0) is 75.8 Å². The van der Waals surface area contributed by atoms with Gasteiger partial charge in [0, 0.05) is 105 Å². The third kappa shape index (κ3) is 9.94. The van der Waals surface area contributed by atoms with Gasteiger partial charge in [0.1, 0.15) is 18.1 Å². The van der Waals surface area contributed by atoms with Gasteiger partial charge in [-0.2, -0.15) is 0 Å². The van der Waals surface area contributed by atoms with Gasteiger partial charge in [0.05, 0.1) is 40.8 Å². The maximum absolute atomic E-state index is 14.7. The zero-order valence-electron chi connectivity index (χ0n) is 40.3. The Bertz CT molecular complexity index is 2520. The van der Waals surface area contributed by atoms with Crippen LogP contribution in [0, 0.1) is 11.3 Å². The van der Waals surface area contributed by atoms with E-state index < -0.39 is 41.3 Å². The third-order valence-corrected chi connectivity index (χ3v) is 14.5. The van der Waals surface area contributed by atoms with E-state index in [1.165, 1.54) is 21.2 Å². The number of rotatable bonds is 9. The van der Waals surface area contributed by atoms with Gasteiger partial charge in [0.15, 0.2) is 0 Å². The van der Waals surface area contributed by atoms with Gasteiger partial charge in [-0.25, -0.2) is 15.2 Å². The number of piperazine rings is 1. The molecule has 18 heteroatoms. The molecular formula is C49H66N10O7S.